The Kier molecular flexibility index (Phi) is 4.17. The molecule has 2 atom stereocenters. The number of nitrogens with zero attached hydrogens (tertiary/aromatic N) is 1. The minimum absolute atomic E-state index is 0.263. The zero-order valence-electron chi connectivity index (χ0n) is 13.0. The lowest BCUT2D eigenvalue weighted by molar-refractivity contribution is -0.146. The number of allylic oxidation sites excluding steroid dienone is 2. The van der Waals surface area contributed by atoms with Crippen LogP contribution in [0.15, 0.2) is 29.8 Å². The van der Waals surface area contributed by atoms with Gasteiger partial charge in [-0.05, 0) is 44.4 Å². The average molecular weight is 330 g/mol. The van der Waals surface area contributed by atoms with Crippen molar-refractivity contribution in [2.24, 2.45) is 11.8 Å². The summed E-state index contributed by atoms with van der Waals surface area (Å²) in [5.41, 5.74) is 3.03. The molecule has 2 aromatic rings. The van der Waals surface area contributed by atoms with E-state index >= 15 is 0 Å². The number of amides is 1. The summed E-state index contributed by atoms with van der Waals surface area (Å²) in [6.07, 6.45) is 2.79. The van der Waals surface area contributed by atoms with Crippen LogP contribution >= 0.6 is 11.3 Å². The van der Waals surface area contributed by atoms with Gasteiger partial charge in [0.05, 0.1) is 22.1 Å². The summed E-state index contributed by atoms with van der Waals surface area (Å²) in [6, 6.07) is 5.92. The van der Waals surface area contributed by atoms with Crippen molar-refractivity contribution in [2.45, 2.75) is 26.7 Å². The van der Waals surface area contributed by atoms with Crippen LogP contribution in [0.1, 0.15) is 25.3 Å². The van der Waals surface area contributed by atoms with E-state index in [0.717, 1.165) is 21.4 Å². The normalized spacial score (nSPS) is 21.0. The molecule has 0 fully saturated rings. The zero-order chi connectivity index (χ0) is 16.6. The molecular formula is C17H18N2O3S. The monoisotopic (exact) mass is 330 g/mol. The second-order valence-electron chi connectivity index (χ2n) is 6.02. The maximum Gasteiger partial charge on any atom is 0.307 e. The van der Waals surface area contributed by atoms with Gasteiger partial charge in [-0.3, -0.25) is 9.59 Å². The van der Waals surface area contributed by atoms with Crippen LogP contribution in [0.5, 0.6) is 0 Å². The highest BCUT2D eigenvalue weighted by atomic mass is 32.1. The number of rotatable bonds is 3. The molecule has 1 aromatic carbocycles. The fourth-order valence-electron chi connectivity index (χ4n) is 2.90. The molecule has 1 aliphatic rings. The van der Waals surface area contributed by atoms with Gasteiger partial charge in [-0.2, -0.15) is 0 Å². The van der Waals surface area contributed by atoms with Gasteiger partial charge in [-0.15, -0.1) is 0 Å². The molecule has 3 rings (SSSR count). The Morgan fingerprint density at radius 3 is 2.83 bits per heavy atom. The van der Waals surface area contributed by atoms with Crippen molar-refractivity contribution in [1.29, 1.82) is 0 Å². The van der Waals surface area contributed by atoms with Crippen LogP contribution < -0.4 is 5.32 Å². The molecule has 120 valence electrons. The number of aromatic nitrogens is 1. The van der Waals surface area contributed by atoms with Gasteiger partial charge in [0, 0.05) is 0 Å². The van der Waals surface area contributed by atoms with Crippen molar-refractivity contribution < 1.29 is 14.7 Å². The lowest BCUT2D eigenvalue weighted by Crippen LogP contribution is -2.35. The van der Waals surface area contributed by atoms with Gasteiger partial charge in [-0.25, -0.2) is 4.98 Å². The van der Waals surface area contributed by atoms with Crippen molar-refractivity contribution in [3.05, 3.63) is 35.4 Å². The van der Waals surface area contributed by atoms with Gasteiger partial charge in [0.1, 0.15) is 0 Å². The van der Waals surface area contributed by atoms with Crippen molar-refractivity contribution in [3.8, 4) is 0 Å². The van der Waals surface area contributed by atoms with E-state index in [4.69, 9.17) is 0 Å². The summed E-state index contributed by atoms with van der Waals surface area (Å²) in [7, 11) is 0. The number of hydrogen-bond acceptors (Lipinski definition) is 4. The first-order chi connectivity index (χ1) is 10.9. The molecule has 0 spiro atoms. The molecule has 6 heteroatoms. The number of fused-ring (bicyclic) bond motifs is 1. The van der Waals surface area contributed by atoms with Crippen molar-refractivity contribution in [1.82, 2.24) is 4.98 Å². The number of aryl methyl sites for hydroxylation is 1. The predicted octanol–water partition coefficient (Wildman–Crippen LogP) is 3.60. The molecule has 0 saturated heterocycles. The van der Waals surface area contributed by atoms with E-state index < -0.39 is 17.8 Å². The molecule has 0 saturated carbocycles. The Hall–Kier alpha value is -2.21. The predicted molar refractivity (Wildman–Crippen MR) is 90.6 cm³/mol. The van der Waals surface area contributed by atoms with Crippen molar-refractivity contribution in [2.75, 3.05) is 5.32 Å². The maximum atomic E-state index is 12.5. The van der Waals surface area contributed by atoms with E-state index in [2.05, 4.69) is 10.3 Å². The molecule has 1 amide bonds. The molecule has 1 aliphatic carbocycles. The fourth-order valence-corrected chi connectivity index (χ4v) is 3.86. The summed E-state index contributed by atoms with van der Waals surface area (Å²) in [4.78, 5) is 28.3. The number of benzene rings is 1. The topological polar surface area (TPSA) is 79.3 Å². The van der Waals surface area contributed by atoms with E-state index in [1.54, 1.807) is 0 Å². The third-order valence-electron chi connectivity index (χ3n) is 4.18. The van der Waals surface area contributed by atoms with Gasteiger partial charge in [0.2, 0.25) is 5.91 Å². The van der Waals surface area contributed by atoms with Crippen molar-refractivity contribution >= 4 is 38.6 Å². The van der Waals surface area contributed by atoms with Gasteiger partial charge in [-0.1, -0.05) is 29.1 Å². The summed E-state index contributed by atoms with van der Waals surface area (Å²) in [5, 5.41) is 12.7. The molecule has 23 heavy (non-hydrogen) atoms. The fraction of sp³-hybridized carbons (Fsp3) is 0.353. The second kappa shape index (κ2) is 6.12. The summed E-state index contributed by atoms with van der Waals surface area (Å²) >= 11 is 1.41. The highest BCUT2D eigenvalue weighted by Crippen LogP contribution is 2.32. The number of anilines is 1. The standard InChI is InChI=1S/C17H18N2O3S/c1-9-3-5-11(16(21)22)12(7-9)15(20)19-17-18-13-6-4-10(2)8-14(13)23-17/h3-4,6,8,11-12H,5,7H2,1-2H3,(H,21,22)(H,18,19,20)/t11-,12-/m1/s1. The third-order valence-corrected chi connectivity index (χ3v) is 5.11. The number of carboxylic acid groups (broad SMARTS) is 1. The molecule has 0 unspecified atom stereocenters. The smallest absolute Gasteiger partial charge is 0.307 e. The number of carboxylic acids is 1. The molecule has 0 aliphatic heterocycles. The first kappa shape index (κ1) is 15.7. The van der Waals surface area contributed by atoms with Crippen LogP contribution in [0.25, 0.3) is 10.2 Å². The maximum absolute atomic E-state index is 12.5. The lowest BCUT2D eigenvalue weighted by Gasteiger charge is -2.26. The lowest BCUT2D eigenvalue weighted by atomic mass is 9.79. The van der Waals surface area contributed by atoms with Crippen LogP contribution in [-0.4, -0.2) is 22.0 Å². The Balaban J connectivity index is 1.81. The van der Waals surface area contributed by atoms with Crippen LogP contribution in [-0.2, 0) is 9.59 Å². The Morgan fingerprint density at radius 1 is 1.30 bits per heavy atom. The van der Waals surface area contributed by atoms with Crippen LogP contribution in [0.4, 0.5) is 5.13 Å². The largest absolute Gasteiger partial charge is 0.481 e. The van der Waals surface area contributed by atoms with Crippen molar-refractivity contribution in [3.63, 3.8) is 0 Å². The molecule has 5 nitrogen and oxygen atoms in total. The Bertz CT molecular complexity index is 809. The summed E-state index contributed by atoms with van der Waals surface area (Å²) in [5.74, 6) is -2.41. The van der Waals surface area contributed by atoms with E-state index in [1.807, 2.05) is 38.1 Å². The molecule has 0 bridgehead atoms. The van der Waals surface area contributed by atoms with Crippen LogP contribution in [0, 0.1) is 18.8 Å². The van der Waals surface area contributed by atoms with Gasteiger partial charge in [0.25, 0.3) is 0 Å². The molecule has 2 N–H and O–H groups in total. The van der Waals surface area contributed by atoms with Gasteiger partial charge >= 0.3 is 5.97 Å². The number of nitrogens with one attached hydrogen (secondary N) is 1. The number of carbonyl (C=O) groups excluding carboxylic acids is 1. The van der Waals surface area contributed by atoms with E-state index in [-0.39, 0.29) is 5.91 Å². The van der Waals surface area contributed by atoms with E-state index in [1.165, 1.54) is 11.3 Å². The first-order valence-corrected chi connectivity index (χ1v) is 8.32. The average Bonchev–Trinajstić information content (AvgIpc) is 2.88. The molecule has 0 radical (unpaired) electrons. The Labute approximate surface area is 138 Å². The second-order valence-corrected chi connectivity index (χ2v) is 7.05. The molecular weight excluding hydrogens is 312 g/mol. The molecule has 1 heterocycles. The molecule has 1 aromatic heterocycles. The van der Waals surface area contributed by atoms with E-state index in [0.29, 0.717) is 18.0 Å². The highest BCUT2D eigenvalue weighted by molar-refractivity contribution is 7.22. The number of aliphatic carboxylic acids is 1. The highest BCUT2D eigenvalue weighted by Gasteiger charge is 2.35. The number of hydrogen-bond donors (Lipinski definition) is 2. The summed E-state index contributed by atoms with van der Waals surface area (Å²) < 4.78 is 1.01. The number of thiazole rings is 1. The van der Waals surface area contributed by atoms with E-state index in [9.17, 15) is 14.7 Å². The van der Waals surface area contributed by atoms with Gasteiger partial charge in [0.15, 0.2) is 5.13 Å². The minimum Gasteiger partial charge on any atom is -0.481 e. The summed E-state index contributed by atoms with van der Waals surface area (Å²) in [6.45, 7) is 3.94. The zero-order valence-corrected chi connectivity index (χ0v) is 13.8. The quantitative estimate of drug-likeness (QED) is 0.843. The SMILES string of the molecule is CC1=CC[C@@H](C(=O)O)[C@H](C(=O)Nc2nc3ccc(C)cc3s2)C1. The third kappa shape index (κ3) is 3.27. The van der Waals surface area contributed by atoms with Crippen LogP contribution in [0.2, 0.25) is 0 Å². The van der Waals surface area contributed by atoms with Gasteiger partial charge < -0.3 is 10.4 Å². The minimum atomic E-state index is -0.922. The first-order valence-electron chi connectivity index (χ1n) is 7.50. The van der Waals surface area contributed by atoms with Crippen LogP contribution in [0.3, 0.4) is 0 Å². The Morgan fingerprint density at radius 2 is 2.09 bits per heavy atom. The number of carbonyl (C=O) groups is 2.